The van der Waals surface area contributed by atoms with Crippen LogP contribution in [-0.4, -0.2) is 140 Å². The smallest absolute Gasteiger partial charge is 0.343 e. The summed E-state index contributed by atoms with van der Waals surface area (Å²) in [6, 6.07) is 2.78. The number of aromatic nitrogens is 7. The molecule has 0 aliphatic carbocycles. The molecule has 0 saturated carbocycles. The Morgan fingerprint density at radius 3 is 2.35 bits per heavy atom. The predicted molar refractivity (Wildman–Crippen MR) is 302 cm³/mol. The van der Waals surface area contributed by atoms with E-state index in [9.17, 15) is 42.3 Å². The lowest BCUT2D eigenvalue weighted by atomic mass is 9.86. The highest BCUT2D eigenvalue weighted by Crippen LogP contribution is 2.41. The molecular formula is C57H77FN12O11S. The summed E-state index contributed by atoms with van der Waals surface area (Å²) in [6.07, 6.45) is 12.2. The lowest BCUT2D eigenvalue weighted by molar-refractivity contribution is -0.172. The molecule has 25 heteroatoms. The van der Waals surface area contributed by atoms with E-state index < -0.39 is 69.1 Å². The molecule has 0 saturated heterocycles. The number of carbonyl (C=O) groups excluding carboxylic acids is 5. The van der Waals surface area contributed by atoms with Gasteiger partial charge in [0.05, 0.1) is 41.8 Å². The van der Waals surface area contributed by atoms with Gasteiger partial charge in [0.1, 0.15) is 36.9 Å². The molecule has 23 nitrogen and oxygen atoms in total. The van der Waals surface area contributed by atoms with Crippen LogP contribution in [0.1, 0.15) is 133 Å². The summed E-state index contributed by atoms with van der Waals surface area (Å²) in [5.74, 6) is -3.49. The number of cyclic esters (lactones) is 1. The van der Waals surface area contributed by atoms with Gasteiger partial charge >= 0.3 is 5.97 Å². The molecule has 4 amide bonds. The van der Waals surface area contributed by atoms with Crippen molar-refractivity contribution in [1.29, 1.82) is 0 Å². The number of sulfone groups is 1. The van der Waals surface area contributed by atoms with Crippen LogP contribution in [0.2, 0.25) is 0 Å². The second-order valence-corrected chi connectivity index (χ2v) is 23.4. The van der Waals surface area contributed by atoms with Gasteiger partial charge in [-0.25, -0.2) is 32.6 Å². The quantitative estimate of drug-likeness (QED) is 0.0175. The molecule has 2 aliphatic heterocycles. The van der Waals surface area contributed by atoms with Gasteiger partial charge in [-0.2, -0.15) is 0 Å². The van der Waals surface area contributed by atoms with Gasteiger partial charge in [0.2, 0.25) is 38.6 Å². The number of fused-ring (bicyclic) bond motifs is 5. The summed E-state index contributed by atoms with van der Waals surface area (Å²) >= 11 is 0. The average molecular weight is 1160 g/mol. The Labute approximate surface area is 476 Å². The zero-order valence-electron chi connectivity index (χ0n) is 47.9. The average Bonchev–Trinajstić information content (AvgIpc) is 2.12. The van der Waals surface area contributed by atoms with Gasteiger partial charge in [-0.1, -0.05) is 46.3 Å². The second-order valence-electron chi connectivity index (χ2n) is 21.5. The number of rotatable bonds is 31. The Morgan fingerprint density at radius 2 is 1.66 bits per heavy atom. The maximum atomic E-state index is 15.0. The van der Waals surface area contributed by atoms with Gasteiger partial charge in [-0.05, 0) is 120 Å². The van der Waals surface area contributed by atoms with Crippen LogP contribution in [0.3, 0.4) is 0 Å². The summed E-state index contributed by atoms with van der Waals surface area (Å²) in [5, 5.41) is 31.1. The first-order valence-corrected chi connectivity index (χ1v) is 30.2. The van der Waals surface area contributed by atoms with E-state index in [1.165, 1.54) is 23.0 Å². The number of carbonyl (C=O) groups is 5. The number of hydrogen-bond donors (Lipinski definition) is 5. The van der Waals surface area contributed by atoms with Gasteiger partial charge in [-0.3, -0.25) is 28.7 Å². The minimum Gasteiger partial charge on any atom is -0.458 e. The van der Waals surface area contributed by atoms with Crippen molar-refractivity contribution in [3.05, 3.63) is 80.8 Å². The van der Waals surface area contributed by atoms with Crippen LogP contribution in [0.25, 0.3) is 33.5 Å². The van der Waals surface area contributed by atoms with Crippen molar-refractivity contribution in [2.24, 2.45) is 5.92 Å². The number of benzene rings is 1. The number of aryl methyl sites for hydroxylation is 3. The van der Waals surface area contributed by atoms with E-state index in [0.29, 0.717) is 90.6 Å². The molecule has 7 rings (SSSR count). The monoisotopic (exact) mass is 1160 g/mol. The Kier molecular flexibility index (Phi) is 21.5. The molecule has 3 atom stereocenters. The van der Waals surface area contributed by atoms with E-state index in [0.717, 1.165) is 56.3 Å². The summed E-state index contributed by atoms with van der Waals surface area (Å²) in [6.45, 7) is 13.9. The lowest BCUT2D eigenvalue weighted by Gasteiger charge is -2.31. The molecule has 0 bridgehead atoms. The van der Waals surface area contributed by atoms with E-state index in [2.05, 4.69) is 60.3 Å². The number of hydrogen-bond acceptors (Lipinski definition) is 17. The summed E-state index contributed by atoms with van der Waals surface area (Å²) in [7, 11) is -3.54. The van der Waals surface area contributed by atoms with Crippen molar-refractivity contribution >= 4 is 50.3 Å². The fraction of sp³-hybridized carbons (Fsp3) is 0.561. The van der Waals surface area contributed by atoms with Crippen LogP contribution in [0, 0.1) is 18.7 Å². The fourth-order valence-corrected chi connectivity index (χ4v) is 10.9. The number of pyridine rings is 2. The SMILES string of the molecule is CCCN(CCC)CCCC[C@H](NC(=O)[C@@H](NC(=O)CCCCCn1cc(-c2cnc(S(C)(=O)=O)nc2)nn1)C(C)C)C(=O)NCC(=O)NCOCCCc1c2c(nc3cc(F)c(C)cc13)-c1cc3c(c(=O)n1C2)COC(=O)[C@]3(O)CC. The summed E-state index contributed by atoms with van der Waals surface area (Å²) < 4.78 is 52.6. The van der Waals surface area contributed by atoms with Crippen LogP contribution >= 0.6 is 0 Å². The summed E-state index contributed by atoms with van der Waals surface area (Å²) in [5.41, 5.74) is 2.20. The first-order chi connectivity index (χ1) is 39.2. The first-order valence-electron chi connectivity index (χ1n) is 28.3. The normalized spacial score (nSPS) is 15.4. The number of ether oxygens (including phenoxy) is 2. The molecule has 6 heterocycles. The van der Waals surface area contributed by atoms with Crippen molar-refractivity contribution in [1.82, 2.24) is 60.7 Å². The molecule has 5 N–H and O–H groups in total. The van der Waals surface area contributed by atoms with Gasteiger partial charge in [0.15, 0.2) is 5.60 Å². The highest BCUT2D eigenvalue weighted by atomic mass is 32.2. The van der Waals surface area contributed by atoms with Crippen molar-refractivity contribution in [3.8, 4) is 22.6 Å². The minimum absolute atomic E-state index is 0.0112. The molecule has 0 fully saturated rings. The minimum atomic E-state index is -3.54. The maximum Gasteiger partial charge on any atom is 0.343 e. The van der Waals surface area contributed by atoms with Crippen LogP contribution in [0.4, 0.5) is 4.39 Å². The lowest BCUT2D eigenvalue weighted by Crippen LogP contribution is -2.56. The number of nitrogens with zero attached hydrogens (tertiary/aromatic N) is 8. The number of aliphatic hydroxyl groups is 1. The molecular weight excluding hydrogens is 1080 g/mol. The zero-order valence-corrected chi connectivity index (χ0v) is 48.8. The largest absolute Gasteiger partial charge is 0.458 e. The molecule has 1 aromatic carbocycles. The topological polar surface area (TPSA) is 301 Å². The first kappa shape index (κ1) is 62.5. The molecule has 0 spiro atoms. The number of halogens is 1. The van der Waals surface area contributed by atoms with Crippen LogP contribution < -0.4 is 26.8 Å². The second kappa shape index (κ2) is 28.3. The molecule has 5 aromatic rings. The van der Waals surface area contributed by atoms with Crippen molar-refractivity contribution in [3.63, 3.8) is 0 Å². The highest BCUT2D eigenvalue weighted by Gasteiger charge is 2.45. The predicted octanol–water partition coefficient (Wildman–Crippen LogP) is 4.30. The Morgan fingerprint density at radius 1 is 0.915 bits per heavy atom. The fourth-order valence-electron chi connectivity index (χ4n) is 10.4. The number of esters is 1. The third kappa shape index (κ3) is 15.3. The van der Waals surface area contributed by atoms with E-state index in [4.69, 9.17) is 14.5 Å². The van der Waals surface area contributed by atoms with Gasteiger partial charge in [0.25, 0.3) is 5.56 Å². The van der Waals surface area contributed by atoms with Crippen molar-refractivity contribution in [2.45, 2.75) is 161 Å². The van der Waals surface area contributed by atoms with Crippen molar-refractivity contribution in [2.75, 3.05) is 45.8 Å². The molecule has 82 heavy (non-hydrogen) atoms. The van der Waals surface area contributed by atoms with E-state index in [1.807, 2.05) is 0 Å². The Hall–Kier alpha value is -7.09. The van der Waals surface area contributed by atoms with Gasteiger partial charge in [0, 0.05) is 66.4 Å². The van der Waals surface area contributed by atoms with Crippen LogP contribution in [0.5, 0.6) is 0 Å². The number of unbranched alkanes of at least 4 members (excludes halogenated alkanes) is 3. The highest BCUT2D eigenvalue weighted by molar-refractivity contribution is 7.90. The van der Waals surface area contributed by atoms with E-state index in [-0.39, 0.29) is 67.4 Å². The third-order valence-corrected chi connectivity index (χ3v) is 15.8. The summed E-state index contributed by atoms with van der Waals surface area (Å²) in [4.78, 5) is 95.6. The van der Waals surface area contributed by atoms with E-state index in [1.54, 1.807) is 50.7 Å². The van der Waals surface area contributed by atoms with Gasteiger partial charge < -0.3 is 45.3 Å². The van der Waals surface area contributed by atoms with Crippen LogP contribution in [0.15, 0.2) is 46.7 Å². The molecule has 2 aliphatic rings. The Balaban J connectivity index is 0.895. The van der Waals surface area contributed by atoms with E-state index >= 15 is 4.39 Å². The molecule has 444 valence electrons. The van der Waals surface area contributed by atoms with Gasteiger partial charge in [-0.15, -0.1) is 5.10 Å². The van der Waals surface area contributed by atoms with Crippen molar-refractivity contribution < 1.29 is 51.4 Å². The Bertz CT molecular complexity index is 3290. The zero-order chi connectivity index (χ0) is 59.3. The molecule has 4 aromatic heterocycles. The standard InChI is InChI=1S/C57H77FN12O11S/c1-8-20-68(21-9-2)22-15-13-18-44(64-53(74)50(35(4)5)65-48(71)19-12-11-14-23-69-32-46(66-67-69)37-28-60-56(61-29-37)82(7,78)79)52(73)59-30-49(72)62-34-80-24-16-17-38-39-25-36(6)43(58)27-45(39)63-51-40(38)31-70-47(51)26-42-41(54(70)75)33-81-55(76)57(42,77)10-3/h25-29,32,35,44,50,77H,8-24,30-31,33-34H2,1-7H3,(H,59,73)(H,62,72)(H,64,74)(H,65,71)/t44-,50-,57-/m0/s1. The maximum absolute atomic E-state index is 15.0. The number of amides is 4. The van der Waals surface area contributed by atoms with Crippen LogP contribution in [-0.2, 0) is 75.0 Å². The molecule has 0 radical (unpaired) electrons. The molecule has 0 unspecified atom stereocenters. The third-order valence-electron chi connectivity index (χ3n) is 14.9. The number of nitrogens with one attached hydrogen (secondary N) is 4.